The number of hydrogen-bond donors (Lipinski definition) is 1. The minimum Gasteiger partial charge on any atom is -0.501 e. The third kappa shape index (κ3) is 3.31. The Bertz CT molecular complexity index is 1040. The van der Waals surface area contributed by atoms with Crippen LogP contribution in [0.25, 0.3) is 0 Å². The molecule has 0 saturated carbocycles. The van der Waals surface area contributed by atoms with Crippen molar-refractivity contribution >= 4 is 5.91 Å². The van der Waals surface area contributed by atoms with E-state index in [0.29, 0.717) is 6.54 Å². The van der Waals surface area contributed by atoms with Gasteiger partial charge in [-0.3, -0.25) is 9.59 Å². The lowest BCUT2D eigenvalue weighted by atomic mass is 9.83. The van der Waals surface area contributed by atoms with Gasteiger partial charge in [0.05, 0.1) is 12.4 Å². The van der Waals surface area contributed by atoms with Crippen LogP contribution in [-0.4, -0.2) is 38.1 Å². The molecule has 0 unspecified atom stereocenters. The second-order valence-corrected chi connectivity index (χ2v) is 7.57. The van der Waals surface area contributed by atoms with E-state index in [4.69, 9.17) is 0 Å². The fraction of sp³-hybridized carbons (Fsp3) is 0.261. The summed E-state index contributed by atoms with van der Waals surface area (Å²) in [6.45, 7) is 4.31. The molecule has 1 aromatic heterocycles. The minimum absolute atomic E-state index is 0.00631. The van der Waals surface area contributed by atoms with E-state index in [1.807, 2.05) is 50.2 Å². The van der Waals surface area contributed by atoms with Gasteiger partial charge in [-0.25, -0.2) is 0 Å². The summed E-state index contributed by atoms with van der Waals surface area (Å²) in [5.74, 6) is -1.03. The summed E-state index contributed by atoms with van der Waals surface area (Å²) in [7, 11) is 0. The van der Waals surface area contributed by atoms with E-state index in [-0.39, 0.29) is 29.6 Å². The van der Waals surface area contributed by atoms with E-state index < -0.39 is 11.3 Å². The molecule has 0 fully saturated rings. The van der Waals surface area contributed by atoms with Gasteiger partial charge in [0, 0.05) is 18.5 Å². The van der Waals surface area contributed by atoms with Gasteiger partial charge >= 0.3 is 5.56 Å². The summed E-state index contributed by atoms with van der Waals surface area (Å²) in [5, 5.41) is 10.4. The molecule has 0 bridgehead atoms. The first-order chi connectivity index (χ1) is 14.0. The first kappa shape index (κ1) is 18.9. The van der Waals surface area contributed by atoms with Crippen molar-refractivity contribution in [1.29, 1.82) is 0 Å². The summed E-state index contributed by atoms with van der Waals surface area (Å²) in [4.78, 5) is 30.5. The number of hydrogen-bond acceptors (Lipinski definition) is 4. The van der Waals surface area contributed by atoms with Crippen LogP contribution < -0.4 is 5.56 Å². The number of aromatic hydroxyl groups is 1. The molecule has 6 nitrogen and oxygen atoms in total. The van der Waals surface area contributed by atoms with Crippen molar-refractivity contribution in [3.05, 3.63) is 94.2 Å². The maximum atomic E-state index is 13.1. The Morgan fingerprint density at radius 1 is 0.966 bits per heavy atom. The van der Waals surface area contributed by atoms with Crippen molar-refractivity contribution in [2.24, 2.45) is 0 Å². The molecule has 2 heterocycles. The zero-order valence-electron chi connectivity index (χ0n) is 16.4. The van der Waals surface area contributed by atoms with Gasteiger partial charge in [0.1, 0.15) is 0 Å². The predicted molar refractivity (Wildman–Crippen MR) is 110 cm³/mol. The molecule has 0 spiro atoms. The predicted octanol–water partition coefficient (Wildman–Crippen LogP) is 3.19. The Balaban J connectivity index is 1.95. The first-order valence-corrected chi connectivity index (χ1v) is 9.70. The van der Waals surface area contributed by atoms with Crippen molar-refractivity contribution in [3.63, 3.8) is 0 Å². The highest BCUT2D eigenvalue weighted by atomic mass is 16.3. The number of amides is 1. The molecule has 0 saturated heterocycles. The number of carbonyl (C=O) groups excluding carboxylic acids is 1. The van der Waals surface area contributed by atoms with E-state index in [2.05, 4.69) is 29.2 Å². The zero-order valence-corrected chi connectivity index (χ0v) is 16.4. The highest BCUT2D eigenvalue weighted by Gasteiger charge is 2.39. The monoisotopic (exact) mass is 389 g/mol. The first-order valence-electron chi connectivity index (χ1n) is 9.70. The van der Waals surface area contributed by atoms with Gasteiger partial charge < -0.3 is 14.6 Å². The van der Waals surface area contributed by atoms with Crippen LogP contribution in [0.5, 0.6) is 5.75 Å². The van der Waals surface area contributed by atoms with E-state index in [1.165, 1.54) is 6.33 Å². The van der Waals surface area contributed by atoms with E-state index >= 15 is 0 Å². The average molecular weight is 389 g/mol. The lowest BCUT2D eigenvalue weighted by molar-refractivity contribution is 0.0586. The second-order valence-electron chi connectivity index (χ2n) is 7.57. The SMILES string of the molecule is CC(C)N1C[C@H](C(c2ccccc2)c2ccccc2)n2cnc(=O)c(O)c2C1=O. The number of carbonyl (C=O) groups is 1. The largest absolute Gasteiger partial charge is 0.501 e. The standard InChI is InChI=1S/C23H23N3O3/c1-15(2)25-13-18(26-14-24-22(28)21(27)20(26)23(25)29)19(16-9-5-3-6-10-16)17-11-7-4-8-12-17/h3-12,14-15,18-19,27H,13H2,1-2H3/t18-/m1/s1. The summed E-state index contributed by atoms with van der Waals surface area (Å²) in [6, 6.07) is 19.8. The van der Waals surface area contributed by atoms with Crippen LogP contribution in [0.15, 0.2) is 71.8 Å². The molecule has 29 heavy (non-hydrogen) atoms. The minimum atomic E-state index is -0.787. The zero-order chi connectivity index (χ0) is 20.5. The Kier molecular flexibility index (Phi) is 4.92. The van der Waals surface area contributed by atoms with Crippen LogP contribution in [0, 0.1) is 0 Å². The van der Waals surface area contributed by atoms with E-state index in [1.54, 1.807) is 9.47 Å². The molecule has 2 aromatic carbocycles. The molecule has 1 N–H and O–H groups in total. The van der Waals surface area contributed by atoms with Gasteiger partial charge in [-0.1, -0.05) is 60.7 Å². The van der Waals surface area contributed by atoms with E-state index in [0.717, 1.165) is 11.1 Å². The topological polar surface area (TPSA) is 75.4 Å². The number of fused-ring (bicyclic) bond motifs is 1. The van der Waals surface area contributed by atoms with Crippen LogP contribution >= 0.6 is 0 Å². The van der Waals surface area contributed by atoms with Gasteiger partial charge in [-0.15, -0.1) is 0 Å². The third-order valence-electron chi connectivity index (χ3n) is 5.51. The summed E-state index contributed by atoms with van der Waals surface area (Å²) >= 11 is 0. The lowest BCUT2D eigenvalue weighted by Crippen LogP contribution is -2.49. The molecule has 0 aliphatic carbocycles. The Morgan fingerprint density at radius 3 is 2.03 bits per heavy atom. The Labute approximate surface area is 169 Å². The van der Waals surface area contributed by atoms with Crippen LogP contribution in [-0.2, 0) is 0 Å². The van der Waals surface area contributed by atoms with Gasteiger partial charge in [0.2, 0.25) is 5.75 Å². The molecule has 148 valence electrons. The molecule has 4 rings (SSSR count). The van der Waals surface area contributed by atoms with Crippen molar-refractivity contribution in [2.75, 3.05) is 6.54 Å². The Hall–Kier alpha value is -3.41. The number of rotatable bonds is 4. The highest BCUT2D eigenvalue weighted by molar-refractivity contribution is 5.96. The van der Waals surface area contributed by atoms with Crippen LogP contribution in [0.1, 0.15) is 47.4 Å². The third-order valence-corrected chi connectivity index (χ3v) is 5.51. The van der Waals surface area contributed by atoms with Crippen LogP contribution in [0.4, 0.5) is 0 Å². The molecular weight excluding hydrogens is 366 g/mol. The maximum absolute atomic E-state index is 13.1. The summed E-state index contributed by atoms with van der Waals surface area (Å²) in [6.07, 6.45) is 1.39. The van der Waals surface area contributed by atoms with Gasteiger partial charge in [-0.05, 0) is 25.0 Å². The molecule has 1 aliphatic heterocycles. The fourth-order valence-corrected chi connectivity index (χ4v) is 4.10. The van der Waals surface area contributed by atoms with Gasteiger partial charge in [0.15, 0.2) is 5.69 Å². The average Bonchev–Trinajstić information content (AvgIpc) is 2.73. The van der Waals surface area contributed by atoms with Gasteiger partial charge in [0.25, 0.3) is 5.91 Å². The highest BCUT2D eigenvalue weighted by Crippen LogP contribution is 2.39. The van der Waals surface area contributed by atoms with Crippen LogP contribution in [0.2, 0.25) is 0 Å². The second kappa shape index (κ2) is 7.54. The Morgan fingerprint density at radius 2 is 1.52 bits per heavy atom. The molecule has 0 radical (unpaired) electrons. The molecule has 1 amide bonds. The van der Waals surface area contributed by atoms with Crippen LogP contribution in [0.3, 0.4) is 0 Å². The fourth-order valence-electron chi connectivity index (χ4n) is 4.10. The van der Waals surface area contributed by atoms with Gasteiger partial charge in [-0.2, -0.15) is 4.98 Å². The lowest BCUT2D eigenvalue weighted by Gasteiger charge is -2.41. The van der Waals surface area contributed by atoms with Crippen molar-refractivity contribution in [3.8, 4) is 5.75 Å². The molecule has 3 aromatic rings. The van der Waals surface area contributed by atoms with Crippen molar-refractivity contribution in [2.45, 2.75) is 31.8 Å². The number of aromatic nitrogens is 2. The van der Waals surface area contributed by atoms with Crippen molar-refractivity contribution in [1.82, 2.24) is 14.5 Å². The van der Waals surface area contributed by atoms with Crippen molar-refractivity contribution < 1.29 is 9.90 Å². The molecular formula is C23H23N3O3. The molecule has 1 aliphatic rings. The number of nitrogens with zero attached hydrogens (tertiary/aromatic N) is 3. The quantitative estimate of drug-likeness (QED) is 0.744. The summed E-state index contributed by atoms with van der Waals surface area (Å²) < 4.78 is 1.67. The number of benzene rings is 2. The normalized spacial score (nSPS) is 16.3. The maximum Gasteiger partial charge on any atom is 0.315 e. The molecule has 6 heteroatoms. The smallest absolute Gasteiger partial charge is 0.315 e. The molecule has 1 atom stereocenters. The summed E-state index contributed by atoms with van der Waals surface area (Å²) in [5.41, 5.74) is 1.40. The van der Waals surface area contributed by atoms with E-state index in [9.17, 15) is 14.7 Å².